The molecule has 1 aromatic heterocycles. The summed E-state index contributed by atoms with van der Waals surface area (Å²) >= 11 is 6.15. The van der Waals surface area contributed by atoms with Crippen LogP contribution in [0.4, 0.5) is 5.82 Å². The van der Waals surface area contributed by atoms with Gasteiger partial charge in [-0.05, 0) is 31.0 Å². The molecule has 0 radical (unpaired) electrons. The SMILES string of the molecule is Cc1cc(NC(=O)CNCCO)nn1Cc1cc(Cl)ccc1OCC(C)C. The Morgan fingerprint density at radius 1 is 1.37 bits per heavy atom. The van der Waals surface area contributed by atoms with E-state index in [0.717, 1.165) is 17.0 Å². The van der Waals surface area contributed by atoms with Gasteiger partial charge in [0.2, 0.25) is 5.91 Å². The first-order valence-electron chi connectivity index (χ1n) is 8.96. The van der Waals surface area contributed by atoms with Gasteiger partial charge < -0.3 is 20.5 Å². The molecule has 27 heavy (non-hydrogen) atoms. The van der Waals surface area contributed by atoms with Crippen molar-refractivity contribution in [3.8, 4) is 5.75 Å². The number of halogens is 1. The highest BCUT2D eigenvalue weighted by Crippen LogP contribution is 2.25. The second-order valence-electron chi connectivity index (χ2n) is 6.73. The summed E-state index contributed by atoms with van der Waals surface area (Å²) in [4.78, 5) is 11.9. The normalized spacial score (nSPS) is 11.0. The lowest BCUT2D eigenvalue weighted by Gasteiger charge is -2.14. The number of benzene rings is 1. The number of aliphatic hydroxyl groups is 1. The molecule has 0 saturated carbocycles. The molecule has 2 rings (SSSR count). The van der Waals surface area contributed by atoms with Gasteiger partial charge in [-0.1, -0.05) is 25.4 Å². The zero-order valence-corrected chi connectivity index (χ0v) is 16.7. The third-order valence-corrected chi connectivity index (χ3v) is 3.97. The van der Waals surface area contributed by atoms with Crippen LogP contribution in [0.25, 0.3) is 0 Å². The number of hydrogen-bond acceptors (Lipinski definition) is 5. The van der Waals surface area contributed by atoms with E-state index in [1.54, 1.807) is 4.68 Å². The predicted molar refractivity (Wildman–Crippen MR) is 106 cm³/mol. The Morgan fingerprint density at radius 2 is 2.15 bits per heavy atom. The van der Waals surface area contributed by atoms with Crippen molar-refractivity contribution in [1.29, 1.82) is 0 Å². The van der Waals surface area contributed by atoms with E-state index in [9.17, 15) is 4.79 Å². The topological polar surface area (TPSA) is 88.4 Å². The van der Waals surface area contributed by atoms with E-state index >= 15 is 0 Å². The van der Waals surface area contributed by atoms with Crippen molar-refractivity contribution >= 4 is 23.3 Å². The largest absolute Gasteiger partial charge is 0.493 e. The number of hydrogen-bond donors (Lipinski definition) is 3. The summed E-state index contributed by atoms with van der Waals surface area (Å²) in [6.45, 7) is 7.69. The van der Waals surface area contributed by atoms with E-state index in [0.29, 0.717) is 36.5 Å². The summed E-state index contributed by atoms with van der Waals surface area (Å²) in [7, 11) is 0. The molecule has 0 aliphatic carbocycles. The Bertz CT molecular complexity index is 761. The first kappa shape index (κ1) is 21.2. The number of rotatable bonds is 10. The van der Waals surface area contributed by atoms with Gasteiger partial charge in [-0.15, -0.1) is 0 Å². The third-order valence-electron chi connectivity index (χ3n) is 3.74. The van der Waals surface area contributed by atoms with Gasteiger partial charge in [-0.3, -0.25) is 9.48 Å². The monoisotopic (exact) mass is 394 g/mol. The van der Waals surface area contributed by atoms with Crippen LogP contribution >= 0.6 is 11.6 Å². The fraction of sp³-hybridized carbons (Fsp3) is 0.474. The smallest absolute Gasteiger partial charge is 0.239 e. The van der Waals surface area contributed by atoms with Crippen molar-refractivity contribution in [2.24, 2.45) is 5.92 Å². The molecule has 148 valence electrons. The van der Waals surface area contributed by atoms with E-state index in [1.807, 2.05) is 31.2 Å². The van der Waals surface area contributed by atoms with E-state index in [2.05, 4.69) is 29.6 Å². The lowest BCUT2D eigenvalue weighted by atomic mass is 10.2. The van der Waals surface area contributed by atoms with Crippen LogP contribution in [0.2, 0.25) is 5.02 Å². The highest BCUT2D eigenvalue weighted by Gasteiger charge is 2.12. The summed E-state index contributed by atoms with van der Waals surface area (Å²) < 4.78 is 7.69. The number of aliphatic hydroxyl groups excluding tert-OH is 1. The summed E-state index contributed by atoms with van der Waals surface area (Å²) in [5.41, 5.74) is 1.83. The third kappa shape index (κ3) is 6.86. The summed E-state index contributed by atoms with van der Waals surface area (Å²) in [6.07, 6.45) is 0. The molecule has 8 heteroatoms. The second-order valence-corrected chi connectivity index (χ2v) is 7.17. The van der Waals surface area contributed by atoms with Gasteiger partial charge in [0.25, 0.3) is 0 Å². The number of amides is 1. The van der Waals surface area contributed by atoms with Gasteiger partial charge in [0.05, 0.1) is 26.3 Å². The summed E-state index contributed by atoms with van der Waals surface area (Å²) in [6, 6.07) is 7.36. The number of ether oxygens (including phenoxy) is 1. The van der Waals surface area contributed by atoms with Crippen LogP contribution in [-0.4, -0.2) is 47.1 Å². The number of aryl methyl sites for hydroxylation is 1. The van der Waals surface area contributed by atoms with Crippen molar-refractivity contribution in [1.82, 2.24) is 15.1 Å². The van der Waals surface area contributed by atoms with Crippen molar-refractivity contribution in [2.75, 3.05) is 31.6 Å². The minimum absolute atomic E-state index is 0.0120. The zero-order chi connectivity index (χ0) is 19.8. The maximum absolute atomic E-state index is 11.9. The molecule has 2 aromatic rings. The van der Waals surface area contributed by atoms with Gasteiger partial charge in [0.15, 0.2) is 5.82 Å². The number of nitrogens with zero attached hydrogens (tertiary/aromatic N) is 2. The van der Waals surface area contributed by atoms with Gasteiger partial charge in [0, 0.05) is 28.9 Å². The van der Waals surface area contributed by atoms with E-state index < -0.39 is 0 Å². The number of nitrogens with one attached hydrogen (secondary N) is 2. The fourth-order valence-electron chi connectivity index (χ4n) is 2.43. The van der Waals surface area contributed by atoms with Crippen LogP contribution in [0.1, 0.15) is 25.1 Å². The predicted octanol–water partition coefficient (Wildman–Crippen LogP) is 2.45. The zero-order valence-electron chi connectivity index (χ0n) is 16.0. The van der Waals surface area contributed by atoms with Crippen LogP contribution in [0.15, 0.2) is 24.3 Å². The average Bonchev–Trinajstić information content (AvgIpc) is 2.93. The Labute approximate surface area is 164 Å². The van der Waals surface area contributed by atoms with Crippen molar-refractivity contribution < 1.29 is 14.6 Å². The molecule has 0 fully saturated rings. The lowest BCUT2D eigenvalue weighted by molar-refractivity contribution is -0.115. The Hall–Kier alpha value is -2.09. The van der Waals surface area contributed by atoms with Crippen molar-refractivity contribution in [3.63, 3.8) is 0 Å². The molecule has 7 nitrogen and oxygen atoms in total. The van der Waals surface area contributed by atoms with Gasteiger partial charge >= 0.3 is 0 Å². The molecule has 0 aliphatic rings. The fourth-order valence-corrected chi connectivity index (χ4v) is 2.62. The number of carbonyl (C=O) groups is 1. The molecule has 0 spiro atoms. The first-order valence-corrected chi connectivity index (χ1v) is 9.34. The van der Waals surface area contributed by atoms with E-state index in [1.165, 1.54) is 0 Å². The van der Waals surface area contributed by atoms with Crippen LogP contribution in [0.3, 0.4) is 0 Å². The highest BCUT2D eigenvalue weighted by atomic mass is 35.5. The molecule has 0 bridgehead atoms. The van der Waals surface area contributed by atoms with Crippen LogP contribution in [0, 0.1) is 12.8 Å². The number of anilines is 1. The molecule has 1 amide bonds. The van der Waals surface area contributed by atoms with Crippen LogP contribution < -0.4 is 15.4 Å². The Balaban J connectivity index is 2.08. The molecule has 1 aromatic carbocycles. The lowest BCUT2D eigenvalue weighted by Crippen LogP contribution is -2.30. The Morgan fingerprint density at radius 3 is 2.85 bits per heavy atom. The van der Waals surface area contributed by atoms with Crippen LogP contribution in [-0.2, 0) is 11.3 Å². The molecule has 0 unspecified atom stereocenters. The maximum Gasteiger partial charge on any atom is 0.239 e. The average molecular weight is 395 g/mol. The summed E-state index contributed by atoms with van der Waals surface area (Å²) in [5.74, 6) is 1.47. The number of aromatic nitrogens is 2. The van der Waals surface area contributed by atoms with Gasteiger partial charge in [-0.2, -0.15) is 5.10 Å². The first-order chi connectivity index (χ1) is 12.9. The van der Waals surface area contributed by atoms with Crippen molar-refractivity contribution in [3.05, 3.63) is 40.5 Å². The summed E-state index contributed by atoms with van der Waals surface area (Å²) in [5, 5.41) is 19.4. The molecular formula is C19H27ClN4O3. The quantitative estimate of drug-likeness (QED) is 0.539. The molecule has 0 saturated heterocycles. The number of carbonyl (C=O) groups excluding carboxylic acids is 1. The standard InChI is InChI=1S/C19H27ClN4O3/c1-13(2)12-27-17-5-4-16(20)9-15(17)11-24-14(3)8-18(23-24)22-19(26)10-21-6-7-25/h4-5,8-9,13,21,25H,6-7,10-12H2,1-3H3,(H,22,23,26). The molecule has 3 N–H and O–H groups in total. The van der Waals surface area contributed by atoms with Crippen molar-refractivity contribution in [2.45, 2.75) is 27.3 Å². The van der Waals surface area contributed by atoms with E-state index in [4.69, 9.17) is 21.4 Å². The highest BCUT2D eigenvalue weighted by molar-refractivity contribution is 6.30. The molecule has 1 heterocycles. The second kappa shape index (κ2) is 10.3. The van der Waals surface area contributed by atoms with Crippen LogP contribution in [0.5, 0.6) is 5.75 Å². The van der Waals surface area contributed by atoms with Gasteiger partial charge in [-0.25, -0.2) is 0 Å². The molecule has 0 aliphatic heterocycles. The minimum atomic E-state index is -0.211. The Kier molecular flexibility index (Phi) is 8.09. The molecule has 0 atom stereocenters. The minimum Gasteiger partial charge on any atom is -0.493 e. The molecular weight excluding hydrogens is 368 g/mol. The van der Waals surface area contributed by atoms with Gasteiger partial charge in [0.1, 0.15) is 5.75 Å². The van der Waals surface area contributed by atoms with E-state index in [-0.39, 0.29) is 19.1 Å². The maximum atomic E-state index is 11.9.